The second-order valence-corrected chi connectivity index (χ2v) is 6.53. The molecule has 0 aliphatic heterocycles. The Morgan fingerprint density at radius 1 is 1.26 bits per heavy atom. The topological polar surface area (TPSA) is 109 Å². The zero-order valence-corrected chi connectivity index (χ0v) is 15.9. The minimum atomic E-state index is -0.177. The fourth-order valence-electron chi connectivity index (χ4n) is 2.77. The van der Waals surface area contributed by atoms with Crippen LogP contribution in [-0.2, 0) is 0 Å². The van der Waals surface area contributed by atoms with Crippen molar-refractivity contribution in [1.82, 2.24) is 25.6 Å². The molecule has 8 heteroatoms. The molecule has 0 saturated heterocycles. The lowest BCUT2D eigenvalue weighted by Crippen LogP contribution is -2.30. The molecular formula is C19H21ClN6O. The number of nitrogen functional groups attached to an aromatic ring is 1. The first kappa shape index (κ1) is 18.9. The van der Waals surface area contributed by atoms with Gasteiger partial charge in [-0.3, -0.25) is 4.79 Å². The smallest absolute Gasteiger partial charge is 0.253 e. The van der Waals surface area contributed by atoms with E-state index in [0.717, 1.165) is 11.1 Å². The van der Waals surface area contributed by atoms with E-state index in [-0.39, 0.29) is 11.9 Å². The second-order valence-electron chi connectivity index (χ2n) is 6.09. The van der Waals surface area contributed by atoms with Crippen molar-refractivity contribution in [1.29, 1.82) is 0 Å². The number of hydrogen-bond donors (Lipinski definition) is 4. The van der Waals surface area contributed by atoms with Gasteiger partial charge in [-0.1, -0.05) is 17.7 Å². The van der Waals surface area contributed by atoms with Gasteiger partial charge in [-0.25, -0.2) is 9.97 Å². The van der Waals surface area contributed by atoms with Crippen molar-refractivity contribution in [3.63, 3.8) is 0 Å². The molecule has 0 saturated carbocycles. The molecule has 27 heavy (non-hydrogen) atoms. The number of nitrogens with two attached hydrogens (primary N) is 1. The Labute approximate surface area is 162 Å². The molecule has 0 radical (unpaired) electrons. The first-order valence-corrected chi connectivity index (χ1v) is 8.88. The van der Waals surface area contributed by atoms with E-state index in [1.165, 1.54) is 0 Å². The molecule has 7 nitrogen and oxygen atoms in total. The Bertz CT molecular complexity index is 969. The summed E-state index contributed by atoms with van der Waals surface area (Å²) < 4.78 is 0. The van der Waals surface area contributed by atoms with Crippen molar-refractivity contribution >= 4 is 23.5 Å². The molecule has 0 aliphatic rings. The van der Waals surface area contributed by atoms with Crippen LogP contribution in [-0.4, -0.2) is 41.0 Å². The first-order valence-electron chi connectivity index (χ1n) is 8.51. The quantitative estimate of drug-likeness (QED) is 0.488. The Morgan fingerprint density at radius 2 is 2.07 bits per heavy atom. The summed E-state index contributed by atoms with van der Waals surface area (Å²) in [7, 11) is 1.83. The van der Waals surface area contributed by atoms with Crippen molar-refractivity contribution in [3.05, 3.63) is 52.7 Å². The highest BCUT2D eigenvalue weighted by molar-refractivity contribution is 6.31. The van der Waals surface area contributed by atoms with Crippen LogP contribution in [0.25, 0.3) is 22.6 Å². The molecule has 0 fully saturated rings. The molecule has 5 N–H and O–H groups in total. The van der Waals surface area contributed by atoms with Crippen LogP contribution < -0.4 is 16.4 Å². The number of aromatic nitrogens is 3. The maximum atomic E-state index is 12.8. The summed E-state index contributed by atoms with van der Waals surface area (Å²) in [5.41, 5.74) is 10.0. The van der Waals surface area contributed by atoms with Crippen molar-refractivity contribution in [3.8, 4) is 22.6 Å². The number of benzene rings is 1. The summed E-state index contributed by atoms with van der Waals surface area (Å²) in [5.74, 6) is -0.00763. The number of aromatic amines is 1. The number of H-pyrrole nitrogens is 1. The van der Waals surface area contributed by atoms with E-state index < -0.39 is 0 Å². The van der Waals surface area contributed by atoms with E-state index in [9.17, 15) is 4.79 Å². The van der Waals surface area contributed by atoms with E-state index in [1.807, 2.05) is 32.2 Å². The Kier molecular flexibility index (Phi) is 5.73. The second kappa shape index (κ2) is 8.20. The largest absolute Gasteiger partial charge is 0.368 e. The number of aryl methyl sites for hydroxylation is 1. The van der Waals surface area contributed by atoms with Gasteiger partial charge in [-0.05, 0) is 43.8 Å². The third-order valence-corrected chi connectivity index (χ3v) is 4.38. The van der Waals surface area contributed by atoms with Gasteiger partial charge in [0.25, 0.3) is 5.91 Å². The summed E-state index contributed by atoms with van der Waals surface area (Å²) in [6, 6.07) is 9.09. The lowest BCUT2D eigenvalue weighted by Gasteiger charge is -2.09. The number of anilines is 1. The molecule has 3 aromatic rings. The molecule has 0 aliphatic carbocycles. The van der Waals surface area contributed by atoms with Gasteiger partial charge in [0.1, 0.15) is 0 Å². The van der Waals surface area contributed by atoms with Gasteiger partial charge in [0.05, 0.1) is 22.6 Å². The number of amides is 1. The van der Waals surface area contributed by atoms with Gasteiger partial charge in [0, 0.05) is 29.9 Å². The van der Waals surface area contributed by atoms with Crippen LogP contribution >= 0.6 is 11.6 Å². The first-order chi connectivity index (χ1) is 13.0. The highest BCUT2D eigenvalue weighted by atomic mass is 35.5. The molecule has 0 bridgehead atoms. The number of carbonyl (C=O) groups is 1. The summed E-state index contributed by atoms with van der Waals surface area (Å²) in [4.78, 5) is 24.2. The van der Waals surface area contributed by atoms with Crippen LogP contribution in [0.15, 0.2) is 36.5 Å². The van der Waals surface area contributed by atoms with Crippen LogP contribution in [0.2, 0.25) is 5.02 Å². The summed E-state index contributed by atoms with van der Waals surface area (Å²) in [5, 5.41) is 6.51. The van der Waals surface area contributed by atoms with Crippen molar-refractivity contribution in [2.45, 2.75) is 6.92 Å². The lowest BCUT2D eigenvalue weighted by molar-refractivity contribution is 0.0955. The fraction of sp³-hybridized carbons (Fsp3) is 0.211. The number of rotatable bonds is 6. The lowest BCUT2D eigenvalue weighted by atomic mass is 10.0. The van der Waals surface area contributed by atoms with Gasteiger partial charge in [0.15, 0.2) is 0 Å². The Hall–Kier alpha value is -2.90. The molecular weight excluding hydrogens is 364 g/mol. The predicted octanol–water partition coefficient (Wildman–Crippen LogP) is 2.63. The van der Waals surface area contributed by atoms with Crippen LogP contribution in [0.3, 0.4) is 0 Å². The Morgan fingerprint density at radius 3 is 2.81 bits per heavy atom. The Balaban J connectivity index is 2.09. The maximum Gasteiger partial charge on any atom is 0.253 e. The van der Waals surface area contributed by atoms with Gasteiger partial charge in [0.2, 0.25) is 5.95 Å². The van der Waals surface area contributed by atoms with Gasteiger partial charge in [-0.2, -0.15) is 0 Å². The van der Waals surface area contributed by atoms with E-state index in [1.54, 1.807) is 18.3 Å². The third kappa shape index (κ3) is 4.27. The maximum absolute atomic E-state index is 12.8. The van der Waals surface area contributed by atoms with Crippen LogP contribution in [0.5, 0.6) is 0 Å². The van der Waals surface area contributed by atoms with E-state index >= 15 is 0 Å². The van der Waals surface area contributed by atoms with Crippen LogP contribution in [0.1, 0.15) is 15.9 Å². The minimum Gasteiger partial charge on any atom is -0.368 e. The van der Waals surface area contributed by atoms with E-state index in [0.29, 0.717) is 40.8 Å². The number of hydrogen-bond acceptors (Lipinski definition) is 5. The standard InChI is InChI=1S/C19H21ClN6O/c1-11-3-4-12(20)9-13(11)17-14(18(27)23-8-7-22-2)10-16(25-17)15-5-6-24-19(21)26-15/h3-6,9-10,22,25H,7-8H2,1-2H3,(H,23,27)(H2,21,24,26). The molecule has 0 unspecified atom stereocenters. The third-order valence-electron chi connectivity index (χ3n) is 4.14. The molecule has 1 aromatic carbocycles. The van der Waals surface area contributed by atoms with Crippen molar-refractivity contribution < 1.29 is 4.79 Å². The van der Waals surface area contributed by atoms with Crippen LogP contribution in [0, 0.1) is 6.92 Å². The van der Waals surface area contributed by atoms with Gasteiger partial charge < -0.3 is 21.4 Å². The number of likely N-dealkylation sites (N-methyl/N-ethyl adjacent to an activating group) is 1. The van der Waals surface area contributed by atoms with Gasteiger partial charge in [-0.15, -0.1) is 0 Å². The fourth-order valence-corrected chi connectivity index (χ4v) is 2.94. The van der Waals surface area contributed by atoms with Gasteiger partial charge >= 0.3 is 0 Å². The zero-order chi connectivity index (χ0) is 19.4. The molecule has 2 heterocycles. The van der Waals surface area contributed by atoms with E-state index in [2.05, 4.69) is 25.6 Å². The van der Waals surface area contributed by atoms with Crippen molar-refractivity contribution in [2.24, 2.45) is 0 Å². The number of nitrogens with one attached hydrogen (secondary N) is 3. The minimum absolute atomic E-state index is 0.169. The average Bonchev–Trinajstić information content (AvgIpc) is 3.09. The number of halogens is 1. The highest BCUT2D eigenvalue weighted by Crippen LogP contribution is 2.32. The van der Waals surface area contributed by atoms with Crippen LogP contribution in [0.4, 0.5) is 5.95 Å². The average molecular weight is 385 g/mol. The highest BCUT2D eigenvalue weighted by Gasteiger charge is 2.19. The molecule has 2 aromatic heterocycles. The molecule has 0 atom stereocenters. The SMILES string of the molecule is CNCCNC(=O)c1cc(-c2ccnc(N)n2)[nH]c1-c1cc(Cl)ccc1C. The molecule has 3 rings (SSSR count). The summed E-state index contributed by atoms with van der Waals surface area (Å²) in [6.45, 7) is 3.17. The molecule has 1 amide bonds. The number of carbonyl (C=O) groups excluding carboxylic acids is 1. The molecule has 0 spiro atoms. The zero-order valence-electron chi connectivity index (χ0n) is 15.1. The predicted molar refractivity (Wildman–Crippen MR) is 108 cm³/mol. The normalized spacial score (nSPS) is 10.8. The van der Waals surface area contributed by atoms with Crippen molar-refractivity contribution in [2.75, 3.05) is 25.9 Å². The monoisotopic (exact) mass is 384 g/mol. The molecule has 140 valence electrons. The summed E-state index contributed by atoms with van der Waals surface area (Å²) >= 11 is 6.19. The number of nitrogens with zero attached hydrogens (tertiary/aromatic N) is 2. The van der Waals surface area contributed by atoms with E-state index in [4.69, 9.17) is 17.3 Å². The summed E-state index contributed by atoms with van der Waals surface area (Å²) in [6.07, 6.45) is 1.58.